The number of methoxy groups -OCH3 is 1. The van der Waals surface area contributed by atoms with Crippen molar-refractivity contribution in [1.82, 2.24) is 0 Å². The highest BCUT2D eigenvalue weighted by atomic mass is 16.6. The van der Waals surface area contributed by atoms with E-state index in [2.05, 4.69) is 0 Å². The Balaban J connectivity index is 1.93. The fourth-order valence-electron chi connectivity index (χ4n) is 3.43. The Labute approximate surface area is 160 Å². The number of benzene rings is 2. The number of phenols is 3. The maximum absolute atomic E-state index is 13.1. The molecule has 1 unspecified atom stereocenters. The van der Waals surface area contributed by atoms with E-state index in [1.54, 1.807) is 0 Å². The third kappa shape index (κ3) is 2.84. The summed E-state index contributed by atoms with van der Waals surface area (Å²) < 4.78 is 16.8. The topological polar surface area (TPSA) is 113 Å². The van der Waals surface area contributed by atoms with Crippen LogP contribution in [0.4, 0.5) is 0 Å². The minimum Gasteiger partial charge on any atom is -0.508 e. The van der Waals surface area contributed by atoms with Gasteiger partial charge in [0.15, 0.2) is 0 Å². The summed E-state index contributed by atoms with van der Waals surface area (Å²) in [7, 11) is 1.48. The van der Waals surface area contributed by atoms with Crippen LogP contribution in [0.2, 0.25) is 0 Å². The van der Waals surface area contributed by atoms with Gasteiger partial charge in [-0.15, -0.1) is 0 Å². The van der Waals surface area contributed by atoms with Crippen LogP contribution in [0.15, 0.2) is 39.7 Å². The van der Waals surface area contributed by atoms with Gasteiger partial charge in [0, 0.05) is 29.7 Å². The second-order valence-corrected chi connectivity index (χ2v) is 7.37. The lowest BCUT2D eigenvalue weighted by Crippen LogP contribution is -2.10. The van der Waals surface area contributed by atoms with E-state index in [9.17, 15) is 20.1 Å². The SMILES string of the molecule is COc1cc(O)c2c(=O)c(-c3ccc(O)cc3O)coc2c1CC1OC1(C)C. The highest BCUT2D eigenvalue weighted by molar-refractivity contribution is 5.91. The number of aromatic hydroxyl groups is 3. The number of epoxide rings is 1. The summed E-state index contributed by atoms with van der Waals surface area (Å²) in [5.74, 6) is -0.276. The first-order valence-corrected chi connectivity index (χ1v) is 8.77. The number of hydrogen-bond donors (Lipinski definition) is 3. The molecular weight excluding hydrogens is 364 g/mol. The van der Waals surface area contributed by atoms with Gasteiger partial charge < -0.3 is 29.2 Å². The van der Waals surface area contributed by atoms with Gasteiger partial charge in [-0.1, -0.05) is 0 Å². The molecule has 3 aromatic rings. The lowest BCUT2D eigenvalue weighted by molar-refractivity contribution is 0.322. The van der Waals surface area contributed by atoms with Crippen LogP contribution < -0.4 is 10.2 Å². The van der Waals surface area contributed by atoms with Gasteiger partial charge >= 0.3 is 0 Å². The molecule has 0 spiro atoms. The molecule has 0 radical (unpaired) electrons. The predicted molar refractivity (Wildman–Crippen MR) is 102 cm³/mol. The van der Waals surface area contributed by atoms with Crippen LogP contribution >= 0.6 is 0 Å². The van der Waals surface area contributed by atoms with E-state index in [1.807, 2.05) is 13.8 Å². The molecule has 0 bridgehead atoms. The number of hydrogen-bond acceptors (Lipinski definition) is 7. The summed E-state index contributed by atoms with van der Waals surface area (Å²) in [5.41, 5.74) is 0.336. The molecule has 0 amide bonds. The molecule has 0 aliphatic carbocycles. The largest absolute Gasteiger partial charge is 0.508 e. The van der Waals surface area contributed by atoms with Crippen LogP contribution in [0, 0.1) is 0 Å². The van der Waals surface area contributed by atoms with Crippen molar-refractivity contribution in [2.24, 2.45) is 0 Å². The molecule has 1 aliphatic rings. The average molecular weight is 384 g/mol. The average Bonchev–Trinajstić information content (AvgIpc) is 3.24. The van der Waals surface area contributed by atoms with Crippen molar-refractivity contribution in [3.05, 3.63) is 46.3 Å². The van der Waals surface area contributed by atoms with Gasteiger partial charge in [-0.05, 0) is 26.0 Å². The lowest BCUT2D eigenvalue weighted by Gasteiger charge is -2.13. The monoisotopic (exact) mass is 384 g/mol. The molecule has 2 aromatic carbocycles. The molecule has 4 rings (SSSR count). The number of ether oxygens (including phenoxy) is 2. The minimum atomic E-state index is -0.500. The van der Waals surface area contributed by atoms with Gasteiger partial charge in [0.05, 0.1) is 24.4 Å². The minimum absolute atomic E-state index is 0.000712. The smallest absolute Gasteiger partial charge is 0.204 e. The van der Waals surface area contributed by atoms with E-state index < -0.39 is 5.43 Å². The van der Waals surface area contributed by atoms with Crippen LogP contribution in [-0.4, -0.2) is 34.1 Å². The van der Waals surface area contributed by atoms with E-state index >= 15 is 0 Å². The van der Waals surface area contributed by atoms with E-state index in [0.717, 1.165) is 6.07 Å². The van der Waals surface area contributed by atoms with Gasteiger partial charge in [-0.25, -0.2) is 0 Å². The Morgan fingerprint density at radius 2 is 1.82 bits per heavy atom. The fourth-order valence-corrected chi connectivity index (χ4v) is 3.43. The fraction of sp³-hybridized carbons (Fsp3) is 0.286. The summed E-state index contributed by atoms with van der Waals surface area (Å²) in [6, 6.07) is 5.27. The second kappa shape index (κ2) is 6.17. The van der Waals surface area contributed by atoms with E-state index in [0.29, 0.717) is 17.7 Å². The number of fused-ring (bicyclic) bond motifs is 1. The quantitative estimate of drug-likeness (QED) is 0.592. The molecule has 7 nitrogen and oxygen atoms in total. The summed E-state index contributed by atoms with van der Waals surface area (Å²) in [5, 5.41) is 30.0. The Kier molecular flexibility index (Phi) is 4.01. The van der Waals surface area contributed by atoms with Crippen LogP contribution in [0.3, 0.4) is 0 Å². The third-order valence-electron chi connectivity index (χ3n) is 5.13. The van der Waals surface area contributed by atoms with Crippen molar-refractivity contribution in [3.8, 4) is 34.1 Å². The van der Waals surface area contributed by atoms with Crippen molar-refractivity contribution in [2.75, 3.05) is 7.11 Å². The van der Waals surface area contributed by atoms with Gasteiger partial charge in [-0.3, -0.25) is 4.79 Å². The molecule has 3 N–H and O–H groups in total. The molecule has 0 saturated carbocycles. The molecule has 146 valence electrons. The number of rotatable bonds is 4. The van der Waals surface area contributed by atoms with E-state index in [1.165, 1.54) is 31.6 Å². The van der Waals surface area contributed by atoms with Crippen molar-refractivity contribution in [1.29, 1.82) is 0 Å². The first kappa shape index (κ1) is 18.2. The van der Waals surface area contributed by atoms with Crippen LogP contribution in [0.5, 0.6) is 23.0 Å². The van der Waals surface area contributed by atoms with Crippen molar-refractivity contribution in [2.45, 2.75) is 32.0 Å². The van der Waals surface area contributed by atoms with Crippen LogP contribution in [0.25, 0.3) is 22.1 Å². The van der Waals surface area contributed by atoms with Crippen LogP contribution in [-0.2, 0) is 11.2 Å². The number of phenolic OH excluding ortho intramolecular Hbond substituents is 3. The predicted octanol–water partition coefficient (Wildman–Crippen LogP) is 3.31. The molecule has 1 saturated heterocycles. The molecule has 7 heteroatoms. The normalized spacial score (nSPS) is 17.6. The maximum Gasteiger partial charge on any atom is 0.204 e. The first-order valence-electron chi connectivity index (χ1n) is 8.77. The van der Waals surface area contributed by atoms with Crippen molar-refractivity contribution < 1.29 is 29.2 Å². The van der Waals surface area contributed by atoms with Gasteiger partial charge in [0.1, 0.15) is 40.2 Å². The Bertz CT molecular complexity index is 1140. The van der Waals surface area contributed by atoms with E-state index in [4.69, 9.17) is 13.9 Å². The summed E-state index contributed by atoms with van der Waals surface area (Å²) >= 11 is 0. The third-order valence-corrected chi connectivity index (χ3v) is 5.13. The molecular formula is C21H20O7. The summed E-state index contributed by atoms with van der Waals surface area (Å²) in [6.07, 6.45) is 1.64. The Hall–Kier alpha value is -3.19. The zero-order valence-electron chi connectivity index (χ0n) is 15.6. The van der Waals surface area contributed by atoms with Gasteiger partial charge in [-0.2, -0.15) is 0 Å². The van der Waals surface area contributed by atoms with E-state index in [-0.39, 0.29) is 51.0 Å². The second-order valence-electron chi connectivity index (χ2n) is 7.37. The van der Waals surface area contributed by atoms with Crippen molar-refractivity contribution in [3.63, 3.8) is 0 Å². The van der Waals surface area contributed by atoms with Crippen molar-refractivity contribution >= 4 is 11.0 Å². The molecule has 1 aromatic heterocycles. The summed E-state index contributed by atoms with van der Waals surface area (Å²) in [6.45, 7) is 3.93. The molecule has 1 aliphatic heterocycles. The molecule has 2 heterocycles. The van der Waals surface area contributed by atoms with Gasteiger partial charge in [0.25, 0.3) is 0 Å². The standard InChI is InChI=1S/C21H20O7/c1-21(2)17(28-21)7-12-16(26-3)8-15(24)18-19(25)13(9-27-20(12)18)11-5-4-10(22)6-14(11)23/h4-6,8-9,17,22-24H,7H2,1-3H3. The maximum atomic E-state index is 13.1. The summed E-state index contributed by atoms with van der Waals surface area (Å²) in [4.78, 5) is 13.1. The highest BCUT2D eigenvalue weighted by Crippen LogP contribution is 2.43. The zero-order chi connectivity index (χ0) is 20.2. The molecule has 1 atom stereocenters. The highest BCUT2D eigenvalue weighted by Gasteiger charge is 2.48. The molecule has 1 fully saturated rings. The van der Waals surface area contributed by atoms with Gasteiger partial charge in [0.2, 0.25) is 5.43 Å². The Morgan fingerprint density at radius 3 is 2.43 bits per heavy atom. The zero-order valence-corrected chi connectivity index (χ0v) is 15.6. The first-order chi connectivity index (χ1) is 13.2. The molecule has 28 heavy (non-hydrogen) atoms. The lowest BCUT2D eigenvalue weighted by atomic mass is 9.97. The van der Waals surface area contributed by atoms with Crippen LogP contribution in [0.1, 0.15) is 19.4 Å². The Morgan fingerprint density at radius 1 is 1.11 bits per heavy atom.